The number of carboxylic acid groups (broad SMARTS) is 1. The monoisotopic (exact) mass is 491 g/mol. The minimum Gasteiger partial charge on any atom is -0.478 e. The third kappa shape index (κ3) is 6.47. The molecule has 1 aliphatic rings. The van der Waals surface area contributed by atoms with Gasteiger partial charge in [-0.05, 0) is 66.9 Å². The van der Waals surface area contributed by atoms with Crippen molar-refractivity contribution in [3.8, 4) is 0 Å². The first-order valence-corrected chi connectivity index (χ1v) is 12.4. The van der Waals surface area contributed by atoms with E-state index in [9.17, 15) is 14.7 Å². The molecule has 182 valence electrons. The fourth-order valence-electron chi connectivity index (χ4n) is 4.54. The van der Waals surface area contributed by atoms with E-state index in [1.807, 2.05) is 24.3 Å². The third-order valence-electron chi connectivity index (χ3n) is 6.37. The minimum absolute atomic E-state index is 0.128. The Bertz CT molecular complexity index is 1170. The Morgan fingerprint density at radius 1 is 0.914 bits per heavy atom. The number of aromatic nitrogens is 1. The Morgan fingerprint density at radius 2 is 1.69 bits per heavy atom. The topological polar surface area (TPSA) is 73.7 Å². The average Bonchev–Trinajstić information content (AvgIpc) is 2.86. The second-order valence-electron chi connectivity index (χ2n) is 8.92. The lowest BCUT2D eigenvalue weighted by atomic mass is 10.0. The normalized spacial score (nSPS) is 15.5. The van der Waals surface area contributed by atoms with Crippen LogP contribution in [0.5, 0.6) is 0 Å². The summed E-state index contributed by atoms with van der Waals surface area (Å²) in [5.41, 5.74) is 3.31. The summed E-state index contributed by atoms with van der Waals surface area (Å²) in [5.74, 6) is -1.11. The maximum absolute atomic E-state index is 13.6. The summed E-state index contributed by atoms with van der Waals surface area (Å²) < 4.78 is 0. The Hall–Kier alpha value is -3.22. The summed E-state index contributed by atoms with van der Waals surface area (Å²) in [6, 6.07) is 16.4. The van der Waals surface area contributed by atoms with Crippen LogP contribution >= 0.6 is 11.6 Å². The van der Waals surface area contributed by atoms with Gasteiger partial charge < -0.3 is 10.0 Å². The fraction of sp³-hybridized carbons (Fsp3) is 0.321. The van der Waals surface area contributed by atoms with Gasteiger partial charge in [0.2, 0.25) is 0 Å². The van der Waals surface area contributed by atoms with Crippen LogP contribution in [0.3, 0.4) is 0 Å². The second-order valence-corrected chi connectivity index (χ2v) is 9.32. The first-order valence-electron chi connectivity index (χ1n) is 12.1. The van der Waals surface area contributed by atoms with Crippen LogP contribution in [0.2, 0.25) is 5.02 Å². The van der Waals surface area contributed by atoms with Gasteiger partial charge in [0.15, 0.2) is 0 Å². The highest BCUT2D eigenvalue weighted by atomic mass is 35.5. The highest BCUT2D eigenvalue weighted by Gasteiger charge is 2.23. The van der Waals surface area contributed by atoms with E-state index in [-0.39, 0.29) is 11.5 Å². The van der Waals surface area contributed by atoms with Gasteiger partial charge in [-0.25, -0.2) is 4.79 Å². The number of rotatable bonds is 4. The quantitative estimate of drug-likeness (QED) is 0.481. The minimum atomic E-state index is -0.985. The maximum atomic E-state index is 13.6. The van der Waals surface area contributed by atoms with Gasteiger partial charge in [-0.1, -0.05) is 49.1 Å². The van der Waals surface area contributed by atoms with Crippen LogP contribution in [0.15, 0.2) is 67.0 Å². The lowest BCUT2D eigenvalue weighted by Gasteiger charge is -2.30. The smallest absolute Gasteiger partial charge is 0.335 e. The van der Waals surface area contributed by atoms with Crippen LogP contribution in [-0.2, 0) is 13.1 Å². The van der Waals surface area contributed by atoms with Crippen molar-refractivity contribution < 1.29 is 14.7 Å². The zero-order valence-electron chi connectivity index (χ0n) is 19.7. The maximum Gasteiger partial charge on any atom is 0.335 e. The van der Waals surface area contributed by atoms with Gasteiger partial charge in [-0.15, -0.1) is 0 Å². The number of amides is 1. The van der Waals surface area contributed by atoms with Gasteiger partial charge in [-0.2, -0.15) is 0 Å². The van der Waals surface area contributed by atoms with Crippen LogP contribution in [-0.4, -0.2) is 40.0 Å². The lowest BCUT2D eigenvalue weighted by Crippen LogP contribution is -2.34. The van der Waals surface area contributed by atoms with Crippen molar-refractivity contribution in [1.82, 2.24) is 9.88 Å². The molecule has 1 amide bonds. The molecule has 4 rings (SSSR count). The van der Waals surface area contributed by atoms with Crippen molar-refractivity contribution in [3.05, 3.63) is 94.3 Å². The first kappa shape index (κ1) is 24.9. The number of carbonyl (C=O) groups is 2. The van der Waals surface area contributed by atoms with Crippen LogP contribution in [0.25, 0.3) is 0 Å². The van der Waals surface area contributed by atoms with E-state index >= 15 is 0 Å². The number of fused-ring (bicyclic) bond motifs is 1. The molecule has 0 spiro atoms. The van der Waals surface area contributed by atoms with Crippen molar-refractivity contribution in [2.45, 2.75) is 45.2 Å². The second kappa shape index (κ2) is 12.0. The summed E-state index contributed by atoms with van der Waals surface area (Å²) in [5, 5.41) is 10.4. The number of nitrogens with zero attached hydrogens (tertiary/aromatic N) is 3. The van der Waals surface area contributed by atoms with Crippen molar-refractivity contribution in [2.24, 2.45) is 0 Å². The molecule has 6 nitrogen and oxygen atoms in total. The Kier molecular flexibility index (Phi) is 8.50. The molecule has 35 heavy (non-hydrogen) atoms. The molecule has 0 bridgehead atoms. The SMILES string of the molecule is O=C(O)c1ccc2c(c1)CN(Cc1ccccc1Cl)CCCCCCCN2C(=O)c1cccnc1. The zero-order valence-corrected chi connectivity index (χ0v) is 20.5. The largest absolute Gasteiger partial charge is 0.478 e. The van der Waals surface area contributed by atoms with Crippen molar-refractivity contribution in [2.75, 3.05) is 18.0 Å². The summed E-state index contributed by atoms with van der Waals surface area (Å²) in [6.45, 7) is 2.58. The Balaban J connectivity index is 1.74. The van der Waals surface area contributed by atoms with E-state index in [2.05, 4.69) is 9.88 Å². The molecule has 0 aliphatic carbocycles. The molecule has 0 saturated carbocycles. The van der Waals surface area contributed by atoms with Crippen molar-refractivity contribution >= 4 is 29.2 Å². The number of pyridine rings is 1. The standard InChI is InChI=1S/C28H30ClN3O3/c29-25-11-5-4-9-23(25)19-31-15-6-2-1-3-7-16-32(27(33)22-10-8-14-30-18-22)26-13-12-21(28(34)35)17-24(26)20-31/h4-5,8-14,17-18H,1-3,6-7,15-16,19-20H2,(H,34,35). The number of anilines is 1. The molecule has 1 aromatic heterocycles. The van der Waals surface area contributed by atoms with Crippen LogP contribution in [0.1, 0.15) is 63.9 Å². The van der Waals surface area contributed by atoms with E-state index in [1.165, 1.54) is 0 Å². The summed E-state index contributed by atoms with van der Waals surface area (Å²) in [4.78, 5) is 33.5. The molecule has 2 aromatic carbocycles. The summed E-state index contributed by atoms with van der Waals surface area (Å²) >= 11 is 6.46. The molecular formula is C28H30ClN3O3. The van der Waals surface area contributed by atoms with Crippen LogP contribution in [0.4, 0.5) is 5.69 Å². The first-order chi connectivity index (χ1) is 17.0. The number of benzene rings is 2. The van der Waals surface area contributed by atoms with Gasteiger partial charge in [0.05, 0.1) is 11.1 Å². The fourth-order valence-corrected chi connectivity index (χ4v) is 4.74. The van der Waals surface area contributed by atoms with Crippen LogP contribution in [0, 0.1) is 0 Å². The van der Waals surface area contributed by atoms with Gasteiger partial charge in [0.1, 0.15) is 0 Å². The van der Waals surface area contributed by atoms with Gasteiger partial charge in [0.25, 0.3) is 5.91 Å². The van der Waals surface area contributed by atoms with Crippen molar-refractivity contribution in [1.29, 1.82) is 0 Å². The highest BCUT2D eigenvalue weighted by molar-refractivity contribution is 6.31. The molecule has 3 aromatic rings. The zero-order chi connectivity index (χ0) is 24.6. The molecule has 1 aliphatic heterocycles. The highest BCUT2D eigenvalue weighted by Crippen LogP contribution is 2.28. The molecule has 7 heteroatoms. The van der Waals surface area contributed by atoms with Gasteiger partial charge in [0, 0.05) is 42.7 Å². The number of hydrogen-bond donors (Lipinski definition) is 1. The van der Waals surface area contributed by atoms with E-state index in [4.69, 9.17) is 11.6 Å². The van der Waals surface area contributed by atoms with E-state index in [0.717, 1.165) is 55.5 Å². The number of halogens is 1. The average molecular weight is 492 g/mol. The predicted octanol–water partition coefficient (Wildman–Crippen LogP) is 6.05. The number of carboxylic acids is 1. The van der Waals surface area contributed by atoms with E-state index in [1.54, 1.807) is 47.6 Å². The molecule has 2 heterocycles. The van der Waals surface area contributed by atoms with Gasteiger partial charge in [-0.3, -0.25) is 14.7 Å². The lowest BCUT2D eigenvalue weighted by molar-refractivity contribution is 0.0696. The molecular weight excluding hydrogens is 462 g/mol. The molecule has 0 saturated heterocycles. The molecule has 0 atom stereocenters. The predicted molar refractivity (Wildman–Crippen MR) is 138 cm³/mol. The van der Waals surface area contributed by atoms with Gasteiger partial charge >= 0.3 is 5.97 Å². The molecule has 0 unspecified atom stereocenters. The third-order valence-corrected chi connectivity index (χ3v) is 6.74. The van der Waals surface area contributed by atoms with E-state index < -0.39 is 5.97 Å². The Morgan fingerprint density at radius 3 is 2.43 bits per heavy atom. The summed E-state index contributed by atoms with van der Waals surface area (Å²) in [6.07, 6.45) is 8.41. The van der Waals surface area contributed by atoms with Crippen molar-refractivity contribution in [3.63, 3.8) is 0 Å². The number of hydrogen-bond acceptors (Lipinski definition) is 4. The molecule has 0 fully saturated rings. The van der Waals surface area contributed by atoms with E-state index in [0.29, 0.717) is 30.2 Å². The molecule has 0 radical (unpaired) electrons. The van der Waals surface area contributed by atoms with Crippen LogP contribution < -0.4 is 4.90 Å². The number of aromatic carboxylic acids is 1. The number of carbonyl (C=O) groups excluding carboxylic acids is 1. The Labute approximate surface area is 211 Å². The molecule has 1 N–H and O–H groups in total. The summed E-state index contributed by atoms with van der Waals surface area (Å²) in [7, 11) is 0.